The first-order valence-electron chi connectivity index (χ1n) is 6.21. The Kier molecular flexibility index (Phi) is 5.82. The molecular formula is C15H22Cl2. The molecule has 0 nitrogen and oxygen atoms in total. The quantitative estimate of drug-likeness (QED) is 0.616. The maximum Gasteiger partial charge on any atom is 0.0406 e. The molecule has 1 atom stereocenters. The van der Waals surface area contributed by atoms with E-state index < -0.39 is 0 Å². The number of halogens is 2. The Bertz CT molecular complexity index is 322. The maximum absolute atomic E-state index is 6.05. The fourth-order valence-electron chi connectivity index (χ4n) is 1.82. The minimum Gasteiger partial charge on any atom is -0.126 e. The monoisotopic (exact) mass is 272 g/mol. The molecule has 0 aliphatic rings. The molecule has 96 valence electrons. The third kappa shape index (κ3) is 6.33. The molecule has 0 saturated carbocycles. The first kappa shape index (κ1) is 14.9. The first-order chi connectivity index (χ1) is 7.90. The second-order valence-corrected chi connectivity index (χ2v) is 6.70. The van der Waals surface area contributed by atoms with Crippen LogP contribution in [0.4, 0.5) is 0 Å². The first-order valence-corrected chi connectivity index (χ1v) is 7.12. The van der Waals surface area contributed by atoms with Gasteiger partial charge in [0.1, 0.15) is 0 Å². The van der Waals surface area contributed by atoms with Crippen LogP contribution in [-0.4, -0.2) is 5.88 Å². The topological polar surface area (TPSA) is 0 Å². The van der Waals surface area contributed by atoms with Crippen LogP contribution in [-0.2, 0) is 6.42 Å². The predicted octanol–water partition coefficient (Wildman–Crippen LogP) is 5.56. The maximum atomic E-state index is 6.05. The van der Waals surface area contributed by atoms with Crippen LogP contribution in [0.5, 0.6) is 0 Å². The van der Waals surface area contributed by atoms with Crippen LogP contribution in [0.3, 0.4) is 0 Å². The standard InChI is InChI=1S/C15H22Cl2/c1-15(2,3)9-8-13(11-16)10-12-4-6-14(17)7-5-12/h4-7,13H,8-11H2,1-3H3. The van der Waals surface area contributed by atoms with Crippen molar-refractivity contribution in [3.05, 3.63) is 34.9 Å². The van der Waals surface area contributed by atoms with Gasteiger partial charge in [-0.25, -0.2) is 0 Å². The van der Waals surface area contributed by atoms with Crippen molar-refractivity contribution in [3.63, 3.8) is 0 Å². The van der Waals surface area contributed by atoms with Crippen LogP contribution in [0.15, 0.2) is 24.3 Å². The zero-order valence-electron chi connectivity index (χ0n) is 11.0. The largest absolute Gasteiger partial charge is 0.126 e. The summed E-state index contributed by atoms with van der Waals surface area (Å²) in [5.41, 5.74) is 1.72. The van der Waals surface area contributed by atoms with Gasteiger partial charge in [-0.2, -0.15) is 0 Å². The zero-order valence-corrected chi connectivity index (χ0v) is 12.5. The summed E-state index contributed by atoms with van der Waals surface area (Å²) in [7, 11) is 0. The lowest BCUT2D eigenvalue weighted by molar-refractivity contribution is 0.331. The van der Waals surface area contributed by atoms with Crippen LogP contribution in [0.1, 0.15) is 39.2 Å². The Hall–Kier alpha value is -0.200. The molecule has 0 heterocycles. The van der Waals surface area contributed by atoms with E-state index in [2.05, 4.69) is 32.9 Å². The minimum absolute atomic E-state index is 0.393. The van der Waals surface area contributed by atoms with Gasteiger partial charge in [-0.1, -0.05) is 44.5 Å². The summed E-state index contributed by atoms with van der Waals surface area (Å²) in [6.45, 7) is 6.84. The highest BCUT2D eigenvalue weighted by Gasteiger charge is 2.15. The van der Waals surface area contributed by atoms with Gasteiger partial charge in [0.2, 0.25) is 0 Å². The van der Waals surface area contributed by atoms with Crippen molar-refractivity contribution in [2.75, 3.05) is 5.88 Å². The lowest BCUT2D eigenvalue weighted by Gasteiger charge is -2.22. The van der Waals surface area contributed by atoms with E-state index in [-0.39, 0.29) is 0 Å². The van der Waals surface area contributed by atoms with Gasteiger partial charge < -0.3 is 0 Å². The summed E-state index contributed by atoms with van der Waals surface area (Å²) in [6, 6.07) is 8.09. The van der Waals surface area contributed by atoms with Crippen molar-refractivity contribution in [1.29, 1.82) is 0 Å². The molecule has 0 spiro atoms. The van der Waals surface area contributed by atoms with Crippen LogP contribution < -0.4 is 0 Å². The van der Waals surface area contributed by atoms with Gasteiger partial charge in [0.25, 0.3) is 0 Å². The third-order valence-electron chi connectivity index (χ3n) is 2.96. The summed E-state index contributed by atoms with van der Waals surface area (Å²) in [6.07, 6.45) is 3.46. The van der Waals surface area contributed by atoms with Gasteiger partial charge in [-0.15, -0.1) is 11.6 Å². The summed E-state index contributed by atoms with van der Waals surface area (Å²) >= 11 is 11.9. The molecule has 1 rings (SSSR count). The van der Waals surface area contributed by atoms with Crippen LogP contribution in [0.2, 0.25) is 5.02 Å². The van der Waals surface area contributed by atoms with E-state index in [9.17, 15) is 0 Å². The molecule has 0 amide bonds. The number of hydrogen-bond acceptors (Lipinski definition) is 0. The molecule has 1 aromatic rings. The van der Waals surface area contributed by atoms with E-state index in [4.69, 9.17) is 23.2 Å². The summed E-state index contributed by atoms with van der Waals surface area (Å²) in [4.78, 5) is 0. The highest BCUT2D eigenvalue weighted by Crippen LogP contribution is 2.26. The highest BCUT2D eigenvalue weighted by molar-refractivity contribution is 6.30. The molecule has 0 fully saturated rings. The van der Waals surface area contributed by atoms with Gasteiger partial charge in [-0.3, -0.25) is 0 Å². The molecule has 0 saturated heterocycles. The fourth-order valence-corrected chi connectivity index (χ4v) is 2.21. The van der Waals surface area contributed by atoms with Crippen molar-refractivity contribution in [2.45, 2.75) is 40.0 Å². The fraction of sp³-hybridized carbons (Fsp3) is 0.600. The molecule has 0 aliphatic carbocycles. The van der Waals surface area contributed by atoms with Crippen molar-refractivity contribution in [1.82, 2.24) is 0 Å². The molecule has 0 radical (unpaired) electrons. The second-order valence-electron chi connectivity index (χ2n) is 5.95. The normalized spacial score (nSPS) is 13.7. The number of benzene rings is 1. The van der Waals surface area contributed by atoms with E-state index >= 15 is 0 Å². The second kappa shape index (κ2) is 6.66. The molecule has 0 bridgehead atoms. The Morgan fingerprint density at radius 3 is 2.18 bits per heavy atom. The molecule has 2 heteroatoms. The molecule has 0 aromatic heterocycles. The summed E-state index contributed by atoms with van der Waals surface area (Å²) < 4.78 is 0. The minimum atomic E-state index is 0.393. The lowest BCUT2D eigenvalue weighted by atomic mass is 9.85. The highest BCUT2D eigenvalue weighted by atomic mass is 35.5. The molecule has 0 N–H and O–H groups in total. The number of rotatable bonds is 5. The van der Waals surface area contributed by atoms with Gasteiger partial charge >= 0.3 is 0 Å². The summed E-state index contributed by atoms with van der Waals surface area (Å²) in [5.74, 6) is 1.30. The number of alkyl halides is 1. The smallest absolute Gasteiger partial charge is 0.0406 e. The molecule has 17 heavy (non-hydrogen) atoms. The Labute approximate surface area is 115 Å². The third-order valence-corrected chi connectivity index (χ3v) is 3.65. The average Bonchev–Trinajstić information content (AvgIpc) is 2.25. The van der Waals surface area contributed by atoms with Gasteiger partial charge in [0.05, 0.1) is 0 Å². The Morgan fingerprint density at radius 1 is 1.12 bits per heavy atom. The Morgan fingerprint density at radius 2 is 1.71 bits per heavy atom. The van der Waals surface area contributed by atoms with Crippen molar-refractivity contribution >= 4 is 23.2 Å². The SMILES string of the molecule is CC(C)(C)CCC(CCl)Cc1ccc(Cl)cc1. The lowest BCUT2D eigenvalue weighted by Crippen LogP contribution is -2.12. The van der Waals surface area contributed by atoms with Crippen molar-refractivity contribution in [3.8, 4) is 0 Å². The van der Waals surface area contributed by atoms with Crippen LogP contribution in [0.25, 0.3) is 0 Å². The van der Waals surface area contributed by atoms with Gasteiger partial charge in [-0.05, 0) is 48.3 Å². The molecule has 0 aliphatic heterocycles. The summed E-state index contributed by atoms with van der Waals surface area (Å²) in [5, 5.41) is 0.797. The molecular weight excluding hydrogens is 251 g/mol. The van der Waals surface area contributed by atoms with Crippen molar-refractivity contribution < 1.29 is 0 Å². The van der Waals surface area contributed by atoms with Crippen molar-refractivity contribution in [2.24, 2.45) is 11.3 Å². The van der Waals surface area contributed by atoms with Gasteiger partial charge in [0, 0.05) is 10.9 Å². The van der Waals surface area contributed by atoms with E-state index in [1.165, 1.54) is 18.4 Å². The zero-order chi connectivity index (χ0) is 12.9. The molecule has 1 unspecified atom stereocenters. The molecule has 1 aromatic carbocycles. The number of hydrogen-bond donors (Lipinski definition) is 0. The van der Waals surface area contributed by atoms with E-state index in [1.54, 1.807) is 0 Å². The predicted molar refractivity (Wildman–Crippen MR) is 78.1 cm³/mol. The van der Waals surface area contributed by atoms with Crippen LogP contribution >= 0.6 is 23.2 Å². The van der Waals surface area contributed by atoms with E-state index in [1.807, 2.05) is 12.1 Å². The Balaban J connectivity index is 2.49. The van der Waals surface area contributed by atoms with Gasteiger partial charge in [0.15, 0.2) is 0 Å². The van der Waals surface area contributed by atoms with E-state index in [0.29, 0.717) is 11.3 Å². The van der Waals surface area contributed by atoms with Crippen LogP contribution in [0, 0.1) is 11.3 Å². The van der Waals surface area contributed by atoms with E-state index in [0.717, 1.165) is 17.3 Å². The average molecular weight is 273 g/mol.